The molecule has 7 heteroatoms. The van der Waals surface area contributed by atoms with Gasteiger partial charge in [0.1, 0.15) is 0 Å². The number of hydrogen-bond donors (Lipinski definition) is 1. The van der Waals surface area contributed by atoms with Gasteiger partial charge in [0.15, 0.2) is 5.82 Å². The molecule has 0 aliphatic heterocycles. The van der Waals surface area contributed by atoms with E-state index in [1.807, 2.05) is 17.8 Å². The molecule has 0 aromatic carbocycles. The maximum atomic E-state index is 4.51. The third kappa shape index (κ3) is 2.64. The Bertz CT molecular complexity index is 545. The van der Waals surface area contributed by atoms with E-state index in [0.717, 1.165) is 18.9 Å². The number of rotatable bonds is 5. The van der Waals surface area contributed by atoms with Crippen LogP contribution in [0.15, 0.2) is 12.4 Å². The van der Waals surface area contributed by atoms with E-state index < -0.39 is 0 Å². The minimum Gasteiger partial charge on any atom is -0.357 e. The third-order valence-corrected chi connectivity index (χ3v) is 2.91. The molecule has 0 saturated carbocycles. The predicted octanol–water partition coefficient (Wildman–Crippen LogP) is 1.16. The van der Waals surface area contributed by atoms with Crippen molar-refractivity contribution in [1.29, 1.82) is 0 Å². The van der Waals surface area contributed by atoms with Gasteiger partial charge in [0.2, 0.25) is 17.7 Å². The Morgan fingerprint density at radius 2 is 1.95 bits per heavy atom. The fraction of sp³-hybridized carbons (Fsp3) is 0.500. The molecule has 0 aliphatic carbocycles. The van der Waals surface area contributed by atoms with Crippen molar-refractivity contribution in [2.24, 2.45) is 7.05 Å². The normalized spacial score (nSPS) is 10.5. The van der Waals surface area contributed by atoms with Crippen LogP contribution in [0, 0.1) is 0 Å². The topological polar surface area (TPSA) is 71.8 Å². The lowest BCUT2D eigenvalue weighted by atomic mass is 10.5. The van der Waals surface area contributed by atoms with Crippen molar-refractivity contribution in [2.45, 2.75) is 13.8 Å². The standard InChI is InChI=1S/C12H19N7/c1-5-19(6-2)12-16-9(15-11(13-3)17-12)10-14-7-8-18(10)4/h7-8H,5-6H2,1-4H3,(H,13,15,16,17). The highest BCUT2D eigenvalue weighted by Gasteiger charge is 2.14. The lowest BCUT2D eigenvalue weighted by Gasteiger charge is -2.19. The Balaban J connectivity index is 2.50. The van der Waals surface area contributed by atoms with Gasteiger partial charge in [-0.2, -0.15) is 15.0 Å². The van der Waals surface area contributed by atoms with Gasteiger partial charge in [-0.05, 0) is 13.8 Å². The number of nitrogens with zero attached hydrogens (tertiary/aromatic N) is 6. The number of anilines is 2. The van der Waals surface area contributed by atoms with Crippen molar-refractivity contribution in [1.82, 2.24) is 24.5 Å². The number of hydrogen-bond acceptors (Lipinski definition) is 6. The van der Waals surface area contributed by atoms with Crippen LogP contribution >= 0.6 is 0 Å². The molecule has 2 aromatic heterocycles. The van der Waals surface area contributed by atoms with Crippen molar-refractivity contribution < 1.29 is 0 Å². The lowest BCUT2D eigenvalue weighted by Crippen LogP contribution is -2.25. The van der Waals surface area contributed by atoms with Gasteiger partial charge in [0.25, 0.3) is 0 Å². The van der Waals surface area contributed by atoms with Gasteiger partial charge < -0.3 is 14.8 Å². The zero-order chi connectivity index (χ0) is 13.8. The third-order valence-electron chi connectivity index (χ3n) is 2.91. The van der Waals surface area contributed by atoms with Crippen molar-refractivity contribution in [3.63, 3.8) is 0 Å². The fourth-order valence-electron chi connectivity index (χ4n) is 1.81. The molecular weight excluding hydrogens is 242 g/mol. The average molecular weight is 261 g/mol. The van der Waals surface area contributed by atoms with Gasteiger partial charge in [-0.3, -0.25) is 0 Å². The molecule has 1 N–H and O–H groups in total. The lowest BCUT2D eigenvalue weighted by molar-refractivity contribution is 0.809. The average Bonchev–Trinajstić information content (AvgIpc) is 2.86. The highest BCUT2D eigenvalue weighted by molar-refractivity contribution is 5.50. The summed E-state index contributed by atoms with van der Waals surface area (Å²) in [5, 5.41) is 2.97. The van der Waals surface area contributed by atoms with Crippen LogP contribution in [0.4, 0.5) is 11.9 Å². The van der Waals surface area contributed by atoms with Crippen LogP contribution in [-0.4, -0.2) is 44.6 Å². The van der Waals surface area contributed by atoms with Gasteiger partial charge >= 0.3 is 0 Å². The van der Waals surface area contributed by atoms with Crippen LogP contribution in [-0.2, 0) is 7.05 Å². The van der Waals surface area contributed by atoms with Gasteiger partial charge in [-0.25, -0.2) is 4.98 Å². The van der Waals surface area contributed by atoms with E-state index in [1.54, 1.807) is 13.2 Å². The molecule has 0 fully saturated rings. The summed E-state index contributed by atoms with van der Waals surface area (Å²) in [7, 11) is 3.71. The predicted molar refractivity (Wildman–Crippen MR) is 75.1 cm³/mol. The molecule has 2 heterocycles. The molecule has 2 aromatic rings. The Kier molecular flexibility index (Phi) is 3.94. The van der Waals surface area contributed by atoms with Crippen molar-refractivity contribution >= 4 is 11.9 Å². The Morgan fingerprint density at radius 1 is 1.21 bits per heavy atom. The first-order chi connectivity index (χ1) is 9.19. The quantitative estimate of drug-likeness (QED) is 0.871. The summed E-state index contributed by atoms with van der Waals surface area (Å²) in [6, 6.07) is 0. The summed E-state index contributed by atoms with van der Waals surface area (Å²) in [6.07, 6.45) is 3.60. The van der Waals surface area contributed by atoms with Crippen molar-refractivity contribution in [3.05, 3.63) is 12.4 Å². The van der Waals surface area contributed by atoms with Crippen LogP contribution in [0.1, 0.15) is 13.8 Å². The summed E-state index contributed by atoms with van der Waals surface area (Å²) < 4.78 is 1.89. The maximum Gasteiger partial charge on any atom is 0.230 e. The van der Waals surface area contributed by atoms with E-state index in [2.05, 4.69) is 44.0 Å². The summed E-state index contributed by atoms with van der Waals surface area (Å²) in [5.41, 5.74) is 0. The zero-order valence-corrected chi connectivity index (χ0v) is 11.8. The number of nitrogens with one attached hydrogen (secondary N) is 1. The van der Waals surface area contributed by atoms with Crippen LogP contribution < -0.4 is 10.2 Å². The second-order valence-corrected chi connectivity index (χ2v) is 4.07. The molecule has 0 bridgehead atoms. The summed E-state index contributed by atoms with van der Waals surface area (Å²) >= 11 is 0. The summed E-state index contributed by atoms with van der Waals surface area (Å²) in [4.78, 5) is 19.6. The molecule has 0 amide bonds. The zero-order valence-electron chi connectivity index (χ0n) is 11.8. The Labute approximate surface area is 112 Å². The largest absolute Gasteiger partial charge is 0.357 e. The maximum absolute atomic E-state index is 4.51. The van der Waals surface area contributed by atoms with Crippen LogP contribution in [0.2, 0.25) is 0 Å². The Hall–Kier alpha value is -2.18. The first-order valence-corrected chi connectivity index (χ1v) is 6.36. The van der Waals surface area contributed by atoms with E-state index in [9.17, 15) is 0 Å². The fourth-order valence-corrected chi connectivity index (χ4v) is 1.81. The molecule has 0 spiro atoms. The molecule has 7 nitrogen and oxygen atoms in total. The highest BCUT2D eigenvalue weighted by atomic mass is 15.3. The molecule has 0 atom stereocenters. The Morgan fingerprint density at radius 3 is 2.47 bits per heavy atom. The second-order valence-electron chi connectivity index (χ2n) is 4.07. The van der Waals surface area contributed by atoms with E-state index in [4.69, 9.17) is 0 Å². The molecule has 19 heavy (non-hydrogen) atoms. The monoisotopic (exact) mass is 261 g/mol. The molecule has 2 rings (SSSR count). The highest BCUT2D eigenvalue weighted by Crippen LogP contribution is 2.17. The smallest absolute Gasteiger partial charge is 0.230 e. The molecule has 0 unspecified atom stereocenters. The first kappa shape index (κ1) is 13.3. The van der Waals surface area contributed by atoms with E-state index >= 15 is 0 Å². The second kappa shape index (κ2) is 5.64. The van der Waals surface area contributed by atoms with Gasteiger partial charge in [0.05, 0.1) is 0 Å². The van der Waals surface area contributed by atoms with Crippen molar-refractivity contribution in [2.75, 3.05) is 30.4 Å². The van der Waals surface area contributed by atoms with Gasteiger partial charge in [-0.1, -0.05) is 0 Å². The van der Waals surface area contributed by atoms with Crippen LogP contribution in [0.5, 0.6) is 0 Å². The number of aromatic nitrogens is 5. The van der Waals surface area contributed by atoms with E-state index in [-0.39, 0.29) is 0 Å². The summed E-state index contributed by atoms with van der Waals surface area (Å²) in [5.74, 6) is 2.53. The van der Waals surface area contributed by atoms with Crippen LogP contribution in [0.3, 0.4) is 0 Å². The number of aryl methyl sites for hydroxylation is 1. The molecule has 0 radical (unpaired) electrons. The van der Waals surface area contributed by atoms with Gasteiger partial charge in [-0.15, -0.1) is 0 Å². The van der Waals surface area contributed by atoms with E-state index in [1.165, 1.54) is 0 Å². The van der Waals surface area contributed by atoms with Crippen LogP contribution in [0.25, 0.3) is 11.6 Å². The SMILES string of the molecule is CCN(CC)c1nc(NC)nc(-c2nccn2C)n1. The molecule has 102 valence electrons. The minimum absolute atomic E-state index is 0.551. The number of imidazole rings is 1. The van der Waals surface area contributed by atoms with Crippen molar-refractivity contribution in [3.8, 4) is 11.6 Å². The molecular formula is C12H19N7. The summed E-state index contributed by atoms with van der Waals surface area (Å²) in [6.45, 7) is 5.85. The first-order valence-electron chi connectivity index (χ1n) is 6.36. The molecule has 0 saturated heterocycles. The molecule has 0 aliphatic rings. The minimum atomic E-state index is 0.551. The van der Waals surface area contributed by atoms with E-state index in [0.29, 0.717) is 17.7 Å². The van der Waals surface area contributed by atoms with Gasteiger partial charge in [0, 0.05) is 39.6 Å².